The van der Waals surface area contributed by atoms with Gasteiger partial charge in [-0.2, -0.15) is 0 Å². The Labute approximate surface area is 117 Å². The van der Waals surface area contributed by atoms with E-state index in [1.165, 1.54) is 25.1 Å². The van der Waals surface area contributed by atoms with Gasteiger partial charge in [-0.05, 0) is 31.2 Å². The molecular weight excluding hydrogens is 273 g/mol. The van der Waals surface area contributed by atoms with E-state index in [0.717, 1.165) is 0 Å². The maximum atomic E-state index is 13.3. The molecule has 0 aliphatic heterocycles. The van der Waals surface area contributed by atoms with E-state index < -0.39 is 5.82 Å². The second kappa shape index (κ2) is 8.44. The Bertz CT molecular complexity index is 455. The molecule has 19 heavy (non-hydrogen) atoms. The highest BCUT2D eigenvalue weighted by molar-refractivity contribution is 5.93. The summed E-state index contributed by atoms with van der Waals surface area (Å²) in [6.45, 7) is 1.72. The molecule has 0 radical (unpaired) electrons. The summed E-state index contributed by atoms with van der Waals surface area (Å²) in [5, 5.41) is 4.95. The van der Waals surface area contributed by atoms with Gasteiger partial charge in [-0.3, -0.25) is 9.59 Å². The lowest BCUT2D eigenvalue weighted by atomic mass is 10.2. The molecule has 0 spiro atoms. The fraction of sp³-hybridized carbons (Fsp3) is 0.333. The highest BCUT2D eigenvalue weighted by Crippen LogP contribution is 2.19. The number of benzene rings is 1. The first-order chi connectivity index (χ1) is 8.52. The van der Waals surface area contributed by atoms with Crippen LogP contribution >= 0.6 is 12.4 Å². The average Bonchev–Trinajstić information content (AvgIpc) is 2.30. The highest BCUT2D eigenvalue weighted by Gasteiger charge is 2.07. The topological polar surface area (TPSA) is 84.2 Å². The number of carbonyl (C=O) groups is 2. The minimum absolute atomic E-state index is 0. The fourth-order valence-electron chi connectivity index (χ4n) is 1.37. The number of carbonyl (C=O) groups excluding carboxylic acids is 2. The van der Waals surface area contributed by atoms with Crippen LogP contribution in [-0.4, -0.2) is 18.4 Å². The van der Waals surface area contributed by atoms with Crippen molar-refractivity contribution in [2.75, 3.05) is 17.2 Å². The van der Waals surface area contributed by atoms with Crippen molar-refractivity contribution in [3.05, 3.63) is 24.0 Å². The molecule has 1 aromatic carbocycles. The van der Waals surface area contributed by atoms with Crippen molar-refractivity contribution in [1.29, 1.82) is 0 Å². The summed E-state index contributed by atoms with van der Waals surface area (Å²) in [6, 6.07) is 3.99. The molecule has 0 fully saturated rings. The molecule has 7 heteroatoms. The van der Waals surface area contributed by atoms with Crippen molar-refractivity contribution < 1.29 is 14.0 Å². The predicted octanol–water partition coefficient (Wildman–Crippen LogP) is 1.88. The molecule has 0 heterocycles. The van der Waals surface area contributed by atoms with Crippen molar-refractivity contribution >= 4 is 35.6 Å². The maximum Gasteiger partial charge on any atom is 0.224 e. The summed E-state index contributed by atoms with van der Waals surface area (Å²) in [5.41, 5.74) is 5.77. The van der Waals surface area contributed by atoms with Crippen molar-refractivity contribution in [1.82, 2.24) is 0 Å². The van der Waals surface area contributed by atoms with Crippen LogP contribution in [0.1, 0.15) is 19.8 Å². The number of rotatable bonds is 5. The van der Waals surface area contributed by atoms with Gasteiger partial charge < -0.3 is 16.4 Å². The molecule has 4 N–H and O–H groups in total. The Morgan fingerprint density at radius 3 is 2.58 bits per heavy atom. The number of nitrogens with one attached hydrogen (secondary N) is 2. The minimum atomic E-state index is -0.551. The fourth-order valence-corrected chi connectivity index (χ4v) is 1.37. The molecule has 0 aromatic heterocycles. The van der Waals surface area contributed by atoms with E-state index in [-0.39, 0.29) is 29.9 Å². The van der Waals surface area contributed by atoms with Crippen LogP contribution in [-0.2, 0) is 9.59 Å². The Kier molecular flexibility index (Phi) is 7.71. The van der Waals surface area contributed by atoms with E-state index in [2.05, 4.69) is 10.6 Å². The summed E-state index contributed by atoms with van der Waals surface area (Å²) in [4.78, 5) is 22.3. The third-order valence-electron chi connectivity index (χ3n) is 2.17. The van der Waals surface area contributed by atoms with Crippen LogP contribution in [0.2, 0.25) is 0 Å². The molecule has 5 nitrogen and oxygen atoms in total. The van der Waals surface area contributed by atoms with Crippen LogP contribution in [0.3, 0.4) is 0 Å². The van der Waals surface area contributed by atoms with Crippen LogP contribution < -0.4 is 16.4 Å². The van der Waals surface area contributed by atoms with E-state index in [9.17, 15) is 14.0 Å². The first kappa shape index (κ1) is 17.3. The molecule has 0 aliphatic carbocycles. The number of hydrogen-bond donors (Lipinski definition) is 3. The Balaban J connectivity index is 0.00000324. The van der Waals surface area contributed by atoms with Crippen molar-refractivity contribution in [3.63, 3.8) is 0 Å². The van der Waals surface area contributed by atoms with Crippen LogP contribution in [0.15, 0.2) is 18.2 Å². The zero-order chi connectivity index (χ0) is 13.5. The zero-order valence-electron chi connectivity index (χ0n) is 10.5. The molecule has 0 saturated carbocycles. The summed E-state index contributed by atoms with van der Waals surface area (Å²) in [6.07, 6.45) is 0.898. The SMILES string of the molecule is CC(=O)Nc1cc(NC(=O)CCCN)ccc1F.Cl. The smallest absolute Gasteiger partial charge is 0.224 e. The summed E-state index contributed by atoms with van der Waals surface area (Å²) >= 11 is 0. The third-order valence-corrected chi connectivity index (χ3v) is 2.17. The average molecular weight is 290 g/mol. The lowest BCUT2D eigenvalue weighted by Crippen LogP contribution is -2.14. The lowest BCUT2D eigenvalue weighted by molar-refractivity contribution is -0.116. The number of nitrogens with two attached hydrogens (primary N) is 1. The monoisotopic (exact) mass is 289 g/mol. The van der Waals surface area contributed by atoms with Crippen LogP contribution in [0.25, 0.3) is 0 Å². The third kappa shape index (κ3) is 6.17. The van der Waals surface area contributed by atoms with Gasteiger partial charge in [0.15, 0.2) is 0 Å². The number of anilines is 2. The van der Waals surface area contributed by atoms with Gasteiger partial charge in [0.05, 0.1) is 5.69 Å². The molecule has 1 aromatic rings. The first-order valence-corrected chi connectivity index (χ1v) is 5.60. The normalized spacial score (nSPS) is 9.42. The van der Waals surface area contributed by atoms with Gasteiger partial charge >= 0.3 is 0 Å². The van der Waals surface area contributed by atoms with Gasteiger partial charge in [0.2, 0.25) is 11.8 Å². The predicted molar refractivity (Wildman–Crippen MR) is 74.9 cm³/mol. The Morgan fingerprint density at radius 2 is 2.00 bits per heavy atom. The van der Waals surface area contributed by atoms with Crippen molar-refractivity contribution in [2.45, 2.75) is 19.8 Å². The summed E-state index contributed by atoms with van der Waals surface area (Å²) < 4.78 is 13.3. The molecule has 0 aliphatic rings. The van der Waals surface area contributed by atoms with E-state index >= 15 is 0 Å². The van der Waals surface area contributed by atoms with E-state index in [1.807, 2.05) is 0 Å². The summed E-state index contributed by atoms with van der Waals surface area (Å²) in [7, 11) is 0. The second-order valence-electron chi connectivity index (χ2n) is 3.82. The molecule has 0 saturated heterocycles. The van der Waals surface area contributed by atoms with Gasteiger partial charge in [0.1, 0.15) is 5.82 Å². The largest absolute Gasteiger partial charge is 0.330 e. The quantitative estimate of drug-likeness (QED) is 0.774. The molecular formula is C12H17ClFN3O2. The number of hydrogen-bond acceptors (Lipinski definition) is 3. The Morgan fingerprint density at radius 1 is 1.32 bits per heavy atom. The van der Waals surface area contributed by atoms with Gasteiger partial charge in [0.25, 0.3) is 0 Å². The Hall–Kier alpha value is -1.66. The first-order valence-electron chi connectivity index (χ1n) is 5.60. The molecule has 0 unspecified atom stereocenters. The lowest BCUT2D eigenvalue weighted by Gasteiger charge is -2.08. The zero-order valence-corrected chi connectivity index (χ0v) is 11.3. The highest BCUT2D eigenvalue weighted by atomic mass is 35.5. The second-order valence-corrected chi connectivity index (χ2v) is 3.82. The van der Waals surface area contributed by atoms with Crippen LogP contribution in [0.5, 0.6) is 0 Å². The number of halogens is 2. The van der Waals surface area contributed by atoms with Crippen molar-refractivity contribution in [2.24, 2.45) is 5.73 Å². The number of amides is 2. The van der Waals surface area contributed by atoms with Gasteiger partial charge in [-0.1, -0.05) is 0 Å². The van der Waals surface area contributed by atoms with Gasteiger partial charge in [-0.15, -0.1) is 12.4 Å². The maximum absolute atomic E-state index is 13.3. The van der Waals surface area contributed by atoms with Gasteiger partial charge in [0, 0.05) is 19.0 Å². The molecule has 2 amide bonds. The van der Waals surface area contributed by atoms with Crippen LogP contribution in [0.4, 0.5) is 15.8 Å². The van der Waals surface area contributed by atoms with Crippen molar-refractivity contribution in [3.8, 4) is 0 Å². The van der Waals surface area contributed by atoms with Crippen LogP contribution in [0, 0.1) is 5.82 Å². The molecule has 0 bridgehead atoms. The minimum Gasteiger partial charge on any atom is -0.330 e. The summed E-state index contributed by atoms with van der Waals surface area (Å²) in [5.74, 6) is -1.12. The molecule has 106 valence electrons. The van der Waals surface area contributed by atoms with Gasteiger partial charge in [-0.25, -0.2) is 4.39 Å². The standard InChI is InChI=1S/C12H16FN3O2.ClH/c1-8(17)15-11-7-9(4-5-10(11)13)16-12(18)3-2-6-14;/h4-5,7H,2-3,6,14H2,1H3,(H,15,17)(H,16,18);1H. The molecule has 1 rings (SSSR count). The van der Waals surface area contributed by atoms with E-state index in [4.69, 9.17) is 5.73 Å². The van der Waals surface area contributed by atoms with E-state index in [1.54, 1.807) is 0 Å². The van der Waals surface area contributed by atoms with E-state index in [0.29, 0.717) is 25.1 Å². The molecule has 0 atom stereocenters.